The summed E-state index contributed by atoms with van der Waals surface area (Å²) in [5.41, 5.74) is 0. The van der Waals surface area contributed by atoms with Gasteiger partial charge in [-0.15, -0.1) is 0 Å². The van der Waals surface area contributed by atoms with E-state index in [1.807, 2.05) is 0 Å². The van der Waals surface area contributed by atoms with Crippen LogP contribution in [-0.2, 0) is 9.57 Å². The number of nitrogens with two attached hydrogens (primary N) is 1. The quantitative estimate of drug-likeness (QED) is 0.279. The van der Waals surface area contributed by atoms with Crippen molar-refractivity contribution in [1.82, 2.24) is 0 Å². The fourth-order valence-electron chi connectivity index (χ4n) is 0.461. The zero-order chi connectivity index (χ0) is 8.74. The lowest BCUT2D eigenvalue weighted by Gasteiger charge is -2.13. The van der Waals surface area contributed by atoms with Crippen LogP contribution in [0.4, 0.5) is 12.9 Å². The van der Waals surface area contributed by atoms with Gasteiger partial charge in [0.15, 0.2) is 0 Å². The monoisotopic (exact) mass is 175 g/mol. The van der Waals surface area contributed by atoms with Crippen LogP contribution in [0.2, 0.25) is 0 Å². The van der Waals surface area contributed by atoms with E-state index in [0.29, 0.717) is 6.42 Å². The van der Waals surface area contributed by atoms with Gasteiger partial charge in [0, 0.05) is 13.1 Å². The van der Waals surface area contributed by atoms with Gasteiger partial charge in [-0.2, -0.15) is 0 Å². The van der Waals surface area contributed by atoms with Gasteiger partial charge in [0.05, 0.1) is 6.61 Å². The average Bonchev–Trinajstić information content (AvgIpc) is 1.85. The molecule has 0 fully saturated rings. The van der Waals surface area contributed by atoms with Crippen molar-refractivity contribution in [3.63, 3.8) is 0 Å². The van der Waals surface area contributed by atoms with Crippen LogP contribution in [0.3, 0.4) is 0 Å². The van der Waals surface area contributed by atoms with E-state index in [1.54, 1.807) is 0 Å². The number of hydrogen-bond donors (Lipinski definition) is 1. The first-order valence-corrected chi connectivity index (χ1v) is 3.16. The summed E-state index contributed by atoms with van der Waals surface area (Å²) in [4.78, 5) is 4.12. The molecular weight excluding hydrogens is 165 g/mol. The van der Waals surface area contributed by atoms with Crippen molar-refractivity contribution in [1.29, 1.82) is 0 Å². The molecule has 0 aliphatic carbocycles. The molecule has 0 aliphatic rings. The average molecular weight is 175 g/mol. The van der Waals surface area contributed by atoms with Gasteiger partial charge in [0.2, 0.25) is 0 Å². The highest BCUT2D eigenvalue weighted by molar-refractivity contribution is 6.58. The van der Waals surface area contributed by atoms with Crippen LogP contribution in [-0.4, -0.2) is 26.7 Å². The highest BCUT2D eigenvalue weighted by Gasteiger charge is 2.22. The second-order valence-corrected chi connectivity index (χ2v) is 2.01. The molecule has 0 aromatic rings. The lowest BCUT2D eigenvalue weighted by Crippen LogP contribution is -2.24. The lowest BCUT2D eigenvalue weighted by molar-refractivity contribution is 0.0911. The van der Waals surface area contributed by atoms with Gasteiger partial charge >= 0.3 is 6.98 Å². The molecule has 0 aliphatic heterocycles. The molecule has 3 nitrogen and oxygen atoms in total. The summed E-state index contributed by atoms with van der Waals surface area (Å²) >= 11 is 0. The third kappa shape index (κ3) is 9.73. The standard InChI is InChI=1S/C4H10BF3NO2/c6-5(7,8)4-10-2-1-3-11-9/h1-4,9H2/q-1/i1+1,2+1,3+1. The van der Waals surface area contributed by atoms with Crippen LogP contribution < -0.4 is 5.90 Å². The molecule has 0 unspecified atom stereocenters. The smallest absolute Gasteiger partial charge is 0.447 e. The van der Waals surface area contributed by atoms with Crippen LogP contribution in [0.15, 0.2) is 0 Å². The molecule has 7 heteroatoms. The molecule has 2 N–H and O–H groups in total. The fourth-order valence-corrected chi connectivity index (χ4v) is 0.461. The first kappa shape index (κ1) is 10.7. The second kappa shape index (κ2) is 5.39. The maximum atomic E-state index is 11.4. The Bertz CT molecular complexity index is 99.8. The van der Waals surface area contributed by atoms with Crippen LogP contribution in [0, 0.1) is 0 Å². The predicted octanol–water partition coefficient (Wildman–Crippen LogP) is 0.670. The second-order valence-electron chi connectivity index (χ2n) is 2.01. The summed E-state index contributed by atoms with van der Waals surface area (Å²) in [7, 11) is 0. The summed E-state index contributed by atoms with van der Waals surface area (Å²) in [6, 6.07) is 0. The SMILES string of the molecule is NO[13CH2][13CH2][13CH2]OC[B-](F)(F)F. The maximum absolute atomic E-state index is 11.4. The van der Waals surface area contributed by atoms with Crippen molar-refractivity contribution in [2.24, 2.45) is 5.90 Å². The Kier molecular flexibility index (Phi) is 5.26. The number of halogens is 3. The number of hydrogen-bond acceptors (Lipinski definition) is 3. The Labute approximate surface area is 62.7 Å². The molecule has 68 valence electrons. The lowest BCUT2D eigenvalue weighted by atomic mass is 9.95. The van der Waals surface area contributed by atoms with E-state index in [1.165, 1.54) is 0 Å². The first-order valence-electron chi connectivity index (χ1n) is 3.16. The van der Waals surface area contributed by atoms with Gasteiger partial charge in [-0.1, -0.05) is 0 Å². The highest BCUT2D eigenvalue weighted by atomic mass is 19.4. The molecule has 0 saturated carbocycles. The van der Waals surface area contributed by atoms with E-state index < -0.39 is 13.5 Å². The molecule has 0 amide bonds. The van der Waals surface area contributed by atoms with Gasteiger partial charge < -0.3 is 22.5 Å². The Morgan fingerprint density at radius 3 is 2.27 bits per heavy atom. The van der Waals surface area contributed by atoms with E-state index in [9.17, 15) is 12.9 Å². The van der Waals surface area contributed by atoms with Crippen molar-refractivity contribution in [3.8, 4) is 0 Å². The van der Waals surface area contributed by atoms with Crippen molar-refractivity contribution >= 4 is 6.98 Å². The van der Waals surface area contributed by atoms with Gasteiger partial charge in [-0.3, -0.25) is 0 Å². The Morgan fingerprint density at radius 1 is 1.18 bits per heavy atom. The maximum Gasteiger partial charge on any atom is 0.503 e. The molecule has 0 saturated heterocycles. The van der Waals surface area contributed by atoms with Gasteiger partial charge in [-0.25, -0.2) is 5.90 Å². The third-order valence-corrected chi connectivity index (χ3v) is 0.858. The van der Waals surface area contributed by atoms with E-state index >= 15 is 0 Å². The highest BCUT2D eigenvalue weighted by Crippen LogP contribution is 2.07. The Hall–Kier alpha value is -0.265. The van der Waals surface area contributed by atoms with Crippen molar-refractivity contribution in [3.05, 3.63) is 0 Å². The minimum atomic E-state index is -4.82. The normalized spacial score (nSPS) is 12.0. The summed E-state index contributed by atoms with van der Waals surface area (Å²) in [5, 5.41) is 0. The van der Waals surface area contributed by atoms with E-state index in [2.05, 4.69) is 15.5 Å². The first-order chi connectivity index (χ1) is 5.06. The zero-order valence-corrected chi connectivity index (χ0v) is 5.93. The minimum absolute atomic E-state index is 0.0262. The Morgan fingerprint density at radius 2 is 1.82 bits per heavy atom. The Balaban J connectivity index is 3.02. The molecule has 11 heavy (non-hydrogen) atoms. The molecule has 0 heterocycles. The predicted molar refractivity (Wildman–Crippen MR) is 34.7 cm³/mol. The topological polar surface area (TPSA) is 44.5 Å². The van der Waals surface area contributed by atoms with Crippen LogP contribution >= 0.6 is 0 Å². The van der Waals surface area contributed by atoms with Gasteiger partial charge in [0.1, 0.15) is 0 Å². The summed E-state index contributed by atoms with van der Waals surface area (Å²) in [6.45, 7) is -5.72. The van der Waals surface area contributed by atoms with E-state index in [0.717, 1.165) is 0 Å². The largest absolute Gasteiger partial charge is 0.503 e. The molecule has 0 atom stereocenters. The molecule has 0 radical (unpaired) electrons. The number of ether oxygens (including phenoxy) is 1. The summed E-state index contributed by atoms with van der Waals surface area (Å²) in [5.74, 6) is 4.62. The van der Waals surface area contributed by atoms with Crippen molar-refractivity contribution < 1.29 is 22.5 Å². The van der Waals surface area contributed by atoms with E-state index in [4.69, 9.17) is 0 Å². The summed E-state index contributed by atoms with van der Waals surface area (Å²) < 4.78 is 38.6. The van der Waals surface area contributed by atoms with Crippen molar-refractivity contribution in [2.75, 3.05) is 19.7 Å². The molecule has 0 aromatic carbocycles. The molecule has 0 aromatic heterocycles. The minimum Gasteiger partial charge on any atom is -0.447 e. The van der Waals surface area contributed by atoms with Gasteiger partial charge in [-0.05, 0) is 6.42 Å². The molecular formula is C4H10BF3NO2-. The van der Waals surface area contributed by atoms with Crippen LogP contribution in [0.25, 0.3) is 0 Å². The molecule has 0 spiro atoms. The molecule has 0 bridgehead atoms. The van der Waals surface area contributed by atoms with Crippen molar-refractivity contribution in [2.45, 2.75) is 6.42 Å². The van der Waals surface area contributed by atoms with Gasteiger partial charge in [0.25, 0.3) is 0 Å². The third-order valence-electron chi connectivity index (χ3n) is 0.858. The molecule has 0 rings (SSSR count). The van der Waals surface area contributed by atoms with Crippen LogP contribution in [0.1, 0.15) is 6.42 Å². The number of rotatable bonds is 6. The summed E-state index contributed by atoms with van der Waals surface area (Å²) in [6.07, 6.45) is 0.378. The van der Waals surface area contributed by atoms with E-state index in [-0.39, 0.29) is 13.2 Å². The zero-order valence-electron chi connectivity index (χ0n) is 5.93. The van der Waals surface area contributed by atoms with Crippen LogP contribution in [0.5, 0.6) is 0 Å². The fraction of sp³-hybridized carbons (Fsp3) is 1.00.